The largest absolute Gasteiger partial charge is 0.332 e. The van der Waals surface area contributed by atoms with Crippen molar-refractivity contribution in [2.24, 2.45) is 12.1 Å². The highest BCUT2D eigenvalue weighted by atomic mass is 16.2. The third-order valence-electron chi connectivity index (χ3n) is 3.41. The van der Waals surface area contributed by atoms with Gasteiger partial charge in [0.2, 0.25) is 5.95 Å². The van der Waals surface area contributed by atoms with Crippen molar-refractivity contribution in [3.05, 3.63) is 20.8 Å². The number of nitrogens with one attached hydrogen (secondary N) is 1. The fourth-order valence-electron chi connectivity index (χ4n) is 2.44. The number of aromatic nitrogens is 4. The highest BCUT2D eigenvalue weighted by Gasteiger charge is 2.21. The predicted molar refractivity (Wildman–Crippen MR) is 76.3 cm³/mol. The molecule has 1 N–H and O–H groups in total. The van der Waals surface area contributed by atoms with Crippen LogP contribution in [-0.2, 0) is 20.1 Å². The molecule has 2 aromatic heterocycles. The third kappa shape index (κ3) is 1.60. The van der Waals surface area contributed by atoms with Crippen LogP contribution in [-0.4, -0.2) is 24.4 Å². The molecule has 3 heterocycles. The summed E-state index contributed by atoms with van der Waals surface area (Å²) in [4.78, 5) is 29.1. The average molecular weight is 276 g/mol. The molecule has 0 fully saturated rings. The SMILES string of the molecule is CCCn1c(=O)c2c(nc3n2CC(C)=NN3)n(C)c1=O. The van der Waals surface area contributed by atoms with E-state index in [-0.39, 0.29) is 11.2 Å². The second-order valence-corrected chi connectivity index (χ2v) is 4.95. The first-order chi connectivity index (χ1) is 9.54. The molecule has 0 saturated heterocycles. The minimum atomic E-state index is -0.336. The summed E-state index contributed by atoms with van der Waals surface area (Å²) < 4.78 is 4.44. The van der Waals surface area contributed by atoms with Gasteiger partial charge in [0.15, 0.2) is 11.2 Å². The lowest BCUT2D eigenvalue weighted by atomic mass is 10.4. The molecule has 0 bridgehead atoms. The van der Waals surface area contributed by atoms with Crippen molar-refractivity contribution < 1.29 is 0 Å². The van der Waals surface area contributed by atoms with Gasteiger partial charge in [-0.2, -0.15) is 10.1 Å². The Morgan fingerprint density at radius 1 is 1.35 bits per heavy atom. The van der Waals surface area contributed by atoms with Crippen LogP contribution in [0.4, 0.5) is 5.95 Å². The number of imidazole rings is 1. The molecular weight excluding hydrogens is 260 g/mol. The highest BCUT2D eigenvalue weighted by molar-refractivity contribution is 5.87. The highest BCUT2D eigenvalue weighted by Crippen LogP contribution is 2.18. The number of aryl methyl sites for hydroxylation is 1. The molecule has 8 nitrogen and oxygen atoms in total. The molecule has 0 amide bonds. The second-order valence-electron chi connectivity index (χ2n) is 4.95. The molecule has 0 aromatic carbocycles. The van der Waals surface area contributed by atoms with Crippen molar-refractivity contribution in [2.75, 3.05) is 5.43 Å². The van der Waals surface area contributed by atoms with Crippen molar-refractivity contribution >= 4 is 22.8 Å². The van der Waals surface area contributed by atoms with Gasteiger partial charge in [0, 0.05) is 13.6 Å². The smallest absolute Gasteiger partial charge is 0.297 e. The summed E-state index contributed by atoms with van der Waals surface area (Å²) in [7, 11) is 1.63. The molecule has 3 rings (SSSR count). The molecule has 1 aliphatic rings. The zero-order valence-corrected chi connectivity index (χ0v) is 11.7. The minimum absolute atomic E-state index is 0.291. The Bertz CT molecular complexity index is 838. The van der Waals surface area contributed by atoms with Gasteiger partial charge in [0.25, 0.3) is 5.56 Å². The average Bonchev–Trinajstić information content (AvgIpc) is 2.80. The van der Waals surface area contributed by atoms with Gasteiger partial charge in [-0.1, -0.05) is 6.92 Å². The summed E-state index contributed by atoms with van der Waals surface area (Å²) in [6.45, 7) is 4.70. The quantitative estimate of drug-likeness (QED) is 0.843. The number of hydrogen-bond donors (Lipinski definition) is 1. The molecule has 20 heavy (non-hydrogen) atoms. The first kappa shape index (κ1) is 12.6. The third-order valence-corrected chi connectivity index (χ3v) is 3.41. The Labute approximate surface area is 114 Å². The fourth-order valence-corrected chi connectivity index (χ4v) is 2.44. The summed E-state index contributed by atoms with van der Waals surface area (Å²) in [5.41, 5.74) is 3.86. The molecule has 0 saturated carbocycles. The van der Waals surface area contributed by atoms with Gasteiger partial charge >= 0.3 is 5.69 Å². The van der Waals surface area contributed by atoms with Crippen LogP contribution in [0, 0.1) is 0 Å². The van der Waals surface area contributed by atoms with Crippen LogP contribution in [0.2, 0.25) is 0 Å². The van der Waals surface area contributed by atoms with Gasteiger partial charge in [0.1, 0.15) is 0 Å². The molecule has 0 spiro atoms. The Morgan fingerprint density at radius 2 is 2.10 bits per heavy atom. The van der Waals surface area contributed by atoms with E-state index in [0.29, 0.717) is 30.2 Å². The number of nitrogens with zero attached hydrogens (tertiary/aromatic N) is 5. The molecule has 0 unspecified atom stereocenters. The van der Waals surface area contributed by atoms with E-state index < -0.39 is 0 Å². The first-order valence-electron chi connectivity index (χ1n) is 6.53. The second kappa shape index (κ2) is 4.32. The maximum Gasteiger partial charge on any atom is 0.332 e. The van der Waals surface area contributed by atoms with Gasteiger partial charge in [-0.05, 0) is 13.3 Å². The van der Waals surface area contributed by atoms with Crippen LogP contribution in [0.25, 0.3) is 11.2 Å². The van der Waals surface area contributed by atoms with Crippen LogP contribution in [0.5, 0.6) is 0 Å². The maximum atomic E-state index is 12.6. The topological polar surface area (TPSA) is 86.2 Å². The van der Waals surface area contributed by atoms with Gasteiger partial charge < -0.3 is 0 Å². The fraction of sp³-hybridized carbons (Fsp3) is 0.500. The van der Waals surface area contributed by atoms with E-state index in [9.17, 15) is 9.59 Å². The summed E-state index contributed by atoms with van der Waals surface area (Å²) >= 11 is 0. The number of fused-ring (bicyclic) bond motifs is 3. The Balaban J connectivity index is 2.41. The van der Waals surface area contributed by atoms with Crippen molar-refractivity contribution in [1.82, 2.24) is 18.7 Å². The van der Waals surface area contributed by atoms with Gasteiger partial charge in [-0.25, -0.2) is 10.2 Å². The molecular formula is C12H16N6O2. The number of anilines is 1. The predicted octanol–water partition coefficient (Wildman–Crippen LogP) is 0.108. The lowest BCUT2D eigenvalue weighted by molar-refractivity contribution is 0.591. The lowest BCUT2D eigenvalue weighted by Crippen LogP contribution is -2.39. The molecule has 8 heteroatoms. The van der Waals surface area contributed by atoms with Gasteiger partial charge in [-0.15, -0.1) is 0 Å². The molecule has 0 aliphatic carbocycles. The van der Waals surface area contributed by atoms with Gasteiger partial charge in [-0.3, -0.25) is 18.5 Å². The minimum Gasteiger partial charge on any atom is -0.297 e. The van der Waals surface area contributed by atoms with Crippen LogP contribution >= 0.6 is 0 Å². The maximum absolute atomic E-state index is 12.6. The molecule has 0 atom stereocenters. The van der Waals surface area contributed by atoms with Crippen molar-refractivity contribution in [3.8, 4) is 0 Å². The van der Waals surface area contributed by atoms with Crippen molar-refractivity contribution in [1.29, 1.82) is 0 Å². The number of hydrazone groups is 1. The summed E-state index contributed by atoms with van der Waals surface area (Å²) in [5, 5.41) is 4.09. The number of hydrogen-bond acceptors (Lipinski definition) is 5. The van der Waals surface area contributed by atoms with Gasteiger partial charge in [0.05, 0.1) is 12.3 Å². The summed E-state index contributed by atoms with van der Waals surface area (Å²) in [5.74, 6) is 0.493. The van der Waals surface area contributed by atoms with E-state index in [2.05, 4.69) is 15.5 Å². The molecule has 0 radical (unpaired) electrons. The Hall–Kier alpha value is -2.38. The van der Waals surface area contributed by atoms with E-state index in [1.54, 1.807) is 11.6 Å². The lowest BCUT2D eigenvalue weighted by Gasteiger charge is -2.13. The van der Waals surface area contributed by atoms with E-state index >= 15 is 0 Å². The van der Waals surface area contributed by atoms with Crippen LogP contribution in [0.3, 0.4) is 0 Å². The van der Waals surface area contributed by atoms with E-state index in [1.165, 1.54) is 9.13 Å². The zero-order chi connectivity index (χ0) is 14.4. The molecule has 106 valence electrons. The Kier molecular flexibility index (Phi) is 2.73. The normalized spacial score (nSPS) is 14.1. The molecule has 2 aromatic rings. The van der Waals surface area contributed by atoms with Crippen molar-refractivity contribution in [3.63, 3.8) is 0 Å². The first-order valence-corrected chi connectivity index (χ1v) is 6.53. The Morgan fingerprint density at radius 3 is 2.80 bits per heavy atom. The summed E-state index contributed by atoms with van der Waals surface area (Å²) in [6, 6.07) is 0. The van der Waals surface area contributed by atoms with E-state index in [4.69, 9.17) is 0 Å². The van der Waals surface area contributed by atoms with Crippen molar-refractivity contribution in [2.45, 2.75) is 33.4 Å². The van der Waals surface area contributed by atoms with Crippen LogP contribution in [0.15, 0.2) is 14.7 Å². The van der Waals surface area contributed by atoms with E-state index in [1.807, 2.05) is 13.8 Å². The molecule has 1 aliphatic heterocycles. The van der Waals surface area contributed by atoms with E-state index in [0.717, 1.165) is 12.1 Å². The monoisotopic (exact) mass is 276 g/mol. The van der Waals surface area contributed by atoms with Crippen LogP contribution in [0.1, 0.15) is 20.3 Å². The van der Waals surface area contributed by atoms with Crippen LogP contribution < -0.4 is 16.7 Å². The number of rotatable bonds is 2. The summed E-state index contributed by atoms with van der Waals surface area (Å²) in [6.07, 6.45) is 0.723. The zero-order valence-electron chi connectivity index (χ0n) is 11.7. The standard InChI is InChI=1S/C12H16N6O2/c1-4-5-17-10(19)8-9(16(3)12(17)20)13-11-15-14-7(2)6-18(8)11/h4-6H2,1-3H3,(H,13,15).